The van der Waals surface area contributed by atoms with Gasteiger partial charge in [-0.25, -0.2) is 4.79 Å². The van der Waals surface area contributed by atoms with Gasteiger partial charge in [0.05, 0.1) is 12.5 Å². The van der Waals surface area contributed by atoms with Crippen molar-refractivity contribution >= 4 is 11.7 Å². The van der Waals surface area contributed by atoms with Gasteiger partial charge in [-0.05, 0) is 19.1 Å². The van der Waals surface area contributed by atoms with E-state index in [1.165, 1.54) is 0 Å². The second kappa shape index (κ2) is 6.54. The van der Waals surface area contributed by atoms with E-state index in [4.69, 9.17) is 5.26 Å². The molecule has 90 valence electrons. The Kier molecular flexibility index (Phi) is 5.02. The predicted octanol–water partition coefficient (Wildman–Crippen LogP) is 2.48. The van der Waals surface area contributed by atoms with E-state index in [1.54, 1.807) is 16.8 Å². The summed E-state index contributed by atoms with van der Waals surface area (Å²) in [5.74, 6) is 0. The fourth-order valence-corrected chi connectivity index (χ4v) is 1.45. The molecule has 0 fully saturated rings. The van der Waals surface area contributed by atoms with E-state index >= 15 is 0 Å². The molecule has 0 aliphatic carbocycles. The molecule has 0 saturated carbocycles. The molecule has 0 radical (unpaired) electrons. The average Bonchev–Trinajstić information content (AvgIpc) is 2.39. The molecule has 0 heterocycles. The summed E-state index contributed by atoms with van der Waals surface area (Å²) in [6.07, 6.45) is 0.332. The molecular formula is C13H17N3O. The Hall–Kier alpha value is -2.02. The molecule has 1 aromatic rings. The Balaban J connectivity index is 2.89. The molecule has 0 saturated heterocycles. The highest BCUT2D eigenvalue weighted by Crippen LogP contribution is 2.15. The van der Waals surface area contributed by atoms with Gasteiger partial charge in [-0.1, -0.05) is 18.2 Å². The summed E-state index contributed by atoms with van der Waals surface area (Å²) in [6.45, 7) is 2.99. The SMILES string of the molecule is CCN(C)C(=O)N(CCC#N)c1ccccc1. The Morgan fingerprint density at radius 1 is 1.35 bits per heavy atom. The van der Waals surface area contributed by atoms with Crippen molar-refractivity contribution in [2.24, 2.45) is 0 Å². The van der Waals surface area contributed by atoms with Crippen LogP contribution in [0.5, 0.6) is 0 Å². The highest BCUT2D eigenvalue weighted by Gasteiger charge is 2.17. The zero-order chi connectivity index (χ0) is 12.7. The quantitative estimate of drug-likeness (QED) is 0.799. The third kappa shape index (κ3) is 3.49. The van der Waals surface area contributed by atoms with Gasteiger partial charge in [0.1, 0.15) is 0 Å². The van der Waals surface area contributed by atoms with E-state index in [0.717, 1.165) is 5.69 Å². The number of nitrogens with zero attached hydrogens (tertiary/aromatic N) is 3. The summed E-state index contributed by atoms with van der Waals surface area (Å²) in [5, 5.41) is 8.64. The molecule has 1 aromatic carbocycles. The second-order valence-electron chi connectivity index (χ2n) is 3.69. The minimum atomic E-state index is -0.0750. The summed E-state index contributed by atoms with van der Waals surface area (Å²) < 4.78 is 0. The molecule has 0 aromatic heterocycles. The molecule has 4 heteroatoms. The van der Waals surface area contributed by atoms with E-state index in [2.05, 4.69) is 6.07 Å². The highest BCUT2D eigenvalue weighted by atomic mass is 16.2. The Labute approximate surface area is 102 Å². The highest BCUT2D eigenvalue weighted by molar-refractivity contribution is 5.91. The molecule has 0 atom stereocenters. The maximum Gasteiger partial charge on any atom is 0.324 e. The zero-order valence-corrected chi connectivity index (χ0v) is 10.3. The van der Waals surface area contributed by atoms with Crippen molar-refractivity contribution in [2.45, 2.75) is 13.3 Å². The van der Waals surface area contributed by atoms with Gasteiger partial charge < -0.3 is 4.90 Å². The van der Waals surface area contributed by atoms with E-state index in [9.17, 15) is 4.79 Å². The van der Waals surface area contributed by atoms with Crippen LogP contribution in [-0.2, 0) is 0 Å². The van der Waals surface area contributed by atoms with E-state index in [1.807, 2.05) is 37.3 Å². The Morgan fingerprint density at radius 2 is 2.00 bits per heavy atom. The van der Waals surface area contributed by atoms with E-state index in [0.29, 0.717) is 19.5 Å². The van der Waals surface area contributed by atoms with Crippen molar-refractivity contribution in [1.29, 1.82) is 5.26 Å². The number of hydrogen-bond donors (Lipinski definition) is 0. The number of para-hydroxylation sites is 1. The van der Waals surface area contributed by atoms with Gasteiger partial charge in [0.25, 0.3) is 0 Å². The van der Waals surface area contributed by atoms with Gasteiger partial charge in [-0.2, -0.15) is 5.26 Å². The molecule has 0 unspecified atom stereocenters. The van der Waals surface area contributed by atoms with Crippen LogP contribution in [0.15, 0.2) is 30.3 Å². The van der Waals surface area contributed by atoms with Crippen molar-refractivity contribution < 1.29 is 4.79 Å². The lowest BCUT2D eigenvalue weighted by Gasteiger charge is -2.26. The van der Waals surface area contributed by atoms with Gasteiger partial charge in [0, 0.05) is 25.8 Å². The summed E-state index contributed by atoms with van der Waals surface area (Å²) in [7, 11) is 1.75. The number of urea groups is 1. The van der Waals surface area contributed by atoms with Crippen LogP contribution in [0.3, 0.4) is 0 Å². The minimum Gasteiger partial charge on any atom is -0.328 e. The van der Waals surface area contributed by atoms with Crippen molar-refractivity contribution in [3.63, 3.8) is 0 Å². The number of benzene rings is 1. The number of carbonyl (C=O) groups excluding carboxylic acids is 1. The number of carbonyl (C=O) groups is 1. The van der Waals surface area contributed by atoms with Crippen LogP contribution in [-0.4, -0.2) is 31.1 Å². The van der Waals surface area contributed by atoms with Crippen molar-refractivity contribution in [2.75, 3.05) is 25.0 Å². The monoisotopic (exact) mass is 231 g/mol. The third-order valence-corrected chi connectivity index (χ3v) is 2.55. The van der Waals surface area contributed by atoms with Crippen LogP contribution >= 0.6 is 0 Å². The molecule has 0 N–H and O–H groups in total. The van der Waals surface area contributed by atoms with Gasteiger partial charge in [-0.3, -0.25) is 4.90 Å². The summed E-state index contributed by atoms with van der Waals surface area (Å²) in [4.78, 5) is 15.4. The predicted molar refractivity (Wildman–Crippen MR) is 67.7 cm³/mol. The normalized spacial score (nSPS) is 9.47. The van der Waals surface area contributed by atoms with Gasteiger partial charge in [0.2, 0.25) is 0 Å². The number of nitriles is 1. The zero-order valence-electron chi connectivity index (χ0n) is 10.3. The van der Waals surface area contributed by atoms with Crippen molar-refractivity contribution in [3.8, 4) is 6.07 Å². The maximum atomic E-state index is 12.1. The number of anilines is 1. The summed E-state index contributed by atoms with van der Waals surface area (Å²) >= 11 is 0. The van der Waals surface area contributed by atoms with Crippen LogP contribution in [0.2, 0.25) is 0 Å². The van der Waals surface area contributed by atoms with Gasteiger partial charge >= 0.3 is 6.03 Å². The first-order valence-corrected chi connectivity index (χ1v) is 5.65. The second-order valence-corrected chi connectivity index (χ2v) is 3.69. The topological polar surface area (TPSA) is 47.3 Å². The minimum absolute atomic E-state index is 0.0750. The molecule has 2 amide bonds. The van der Waals surface area contributed by atoms with Crippen LogP contribution in [0.25, 0.3) is 0 Å². The molecule has 4 nitrogen and oxygen atoms in total. The third-order valence-electron chi connectivity index (χ3n) is 2.55. The first-order valence-electron chi connectivity index (χ1n) is 5.65. The first kappa shape index (κ1) is 13.0. The number of amides is 2. The molecule has 0 aliphatic heterocycles. The first-order chi connectivity index (χ1) is 8.20. The fourth-order valence-electron chi connectivity index (χ4n) is 1.45. The lowest BCUT2D eigenvalue weighted by molar-refractivity contribution is 0.218. The van der Waals surface area contributed by atoms with Crippen LogP contribution < -0.4 is 4.90 Å². The maximum absolute atomic E-state index is 12.1. The van der Waals surface area contributed by atoms with Crippen LogP contribution in [0, 0.1) is 11.3 Å². The largest absolute Gasteiger partial charge is 0.328 e. The van der Waals surface area contributed by atoms with E-state index in [-0.39, 0.29) is 6.03 Å². The lowest BCUT2D eigenvalue weighted by Crippen LogP contribution is -2.41. The molecule has 0 bridgehead atoms. The average molecular weight is 231 g/mol. The Bertz CT molecular complexity index is 397. The standard InChI is InChI=1S/C13H17N3O/c1-3-15(2)13(17)16(11-7-10-14)12-8-5-4-6-9-12/h4-6,8-9H,3,7,11H2,1-2H3. The van der Waals surface area contributed by atoms with Crippen LogP contribution in [0.4, 0.5) is 10.5 Å². The molecule has 1 rings (SSSR count). The van der Waals surface area contributed by atoms with E-state index < -0.39 is 0 Å². The van der Waals surface area contributed by atoms with Crippen molar-refractivity contribution in [3.05, 3.63) is 30.3 Å². The molecular weight excluding hydrogens is 214 g/mol. The fraction of sp³-hybridized carbons (Fsp3) is 0.385. The Morgan fingerprint density at radius 3 is 2.53 bits per heavy atom. The van der Waals surface area contributed by atoms with Gasteiger partial charge in [-0.15, -0.1) is 0 Å². The number of hydrogen-bond acceptors (Lipinski definition) is 2. The molecule has 0 aliphatic rings. The molecule has 0 spiro atoms. The smallest absolute Gasteiger partial charge is 0.324 e. The summed E-state index contributed by atoms with van der Waals surface area (Å²) in [5.41, 5.74) is 0.827. The summed E-state index contributed by atoms with van der Waals surface area (Å²) in [6, 6.07) is 11.4. The number of rotatable bonds is 4. The van der Waals surface area contributed by atoms with Crippen LogP contribution in [0.1, 0.15) is 13.3 Å². The lowest BCUT2D eigenvalue weighted by atomic mass is 10.3. The van der Waals surface area contributed by atoms with Crippen molar-refractivity contribution in [1.82, 2.24) is 4.90 Å². The van der Waals surface area contributed by atoms with Gasteiger partial charge in [0.15, 0.2) is 0 Å². The molecule has 17 heavy (non-hydrogen) atoms.